The van der Waals surface area contributed by atoms with E-state index in [9.17, 15) is 27.6 Å². The van der Waals surface area contributed by atoms with E-state index in [-0.39, 0.29) is 23.8 Å². The summed E-state index contributed by atoms with van der Waals surface area (Å²) in [5.41, 5.74) is -2.96. The largest absolute Gasteiger partial charge is 0.463 e. The molecule has 2 rings (SSSR count). The van der Waals surface area contributed by atoms with E-state index in [1.54, 1.807) is 49.5 Å². The molecule has 0 aliphatic rings. The molecule has 0 fully saturated rings. The number of esters is 2. The summed E-state index contributed by atoms with van der Waals surface area (Å²) >= 11 is 0.800. The Bertz CT molecular complexity index is 1030. The fourth-order valence-electron chi connectivity index (χ4n) is 3.04. The van der Waals surface area contributed by atoms with Crippen LogP contribution in [0.1, 0.15) is 36.7 Å². The molecule has 2 N–H and O–H groups in total. The first-order valence-electron chi connectivity index (χ1n) is 10.3. The highest BCUT2D eigenvalue weighted by Crippen LogP contribution is 2.43. The van der Waals surface area contributed by atoms with Crippen LogP contribution < -0.4 is 10.6 Å². The summed E-state index contributed by atoms with van der Waals surface area (Å²) in [5, 5.41) is 3.27. The number of thiophene rings is 1. The van der Waals surface area contributed by atoms with Crippen molar-refractivity contribution in [3.8, 4) is 10.4 Å². The number of carbonyl (C=O) groups excluding carboxylic acids is 3. The summed E-state index contributed by atoms with van der Waals surface area (Å²) in [7, 11) is 0. The second kappa shape index (κ2) is 11.2. The van der Waals surface area contributed by atoms with E-state index in [1.165, 1.54) is 13.8 Å². The molecule has 0 bridgehead atoms. The third-order valence-electron chi connectivity index (χ3n) is 4.54. The third kappa shape index (κ3) is 5.61. The number of hydrogen-bond donors (Lipinski definition) is 2. The van der Waals surface area contributed by atoms with Crippen LogP contribution in [0.15, 0.2) is 30.3 Å². The van der Waals surface area contributed by atoms with Gasteiger partial charge in [-0.1, -0.05) is 30.3 Å². The van der Waals surface area contributed by atoms with Crippen molar-refractivity contribution in [2.75, 3.05) is 25.1 Å². The van der Waals surface area contributed by atoms with Gasteiger partial charge in [0.2, 0.25) is 0 Å². The van der Waals surface area contributed by atoms with Gasteiger partial charge in [0.1, 0.15) is 5.00 Å². The molecule has 0 saturated carbocycles. The van der Waals surface area contributed by atoms with Crippen molar-refractivity contribution >= 4 is 34.4 Å². The molecule has 1 heterocycles. The molecule has 1 aromatic carbocycles. The molecular formula is C22H25F3N2O6S. The Morgan fingerprint density at radius 3 is 2.06 bits per heavy atom. The van der Waals surface area contributed by atoms with Crippen molar-refractivity contribution in [2.45, 2.75) is 39.5 Å². The standard InChI is InChI=1S/C22H25F3N2O6S/c1-5-31-18(28)15-13(4)16(14-11-9-8-10-12-14)34-17(15)26-21(22(23,24)25,19(29)32-6-2)27-20(30)33-7-3/h8-12,26H,5-7H2,1-4H3,(H,27,30). The van der Waals surface area contributed by atoms with Crippen LogP contribution in [0.25, 0.3) is 10.4 Å². The summed E-state index contributed by atoms with van der Waals surface area (Å²) in [4.78, 5) is 37.9. The first kappa shape index (κ1) is 27.0. The summed E-state index contributed by atoms with van der Waals surface area (Å²) in [6, 6.07) is 8.66. The van der Waals surface area contributed by atoms with Gasteiger partial charge in [0.15, 0.2) is 0 Å². The number of hydrogen-bond acceptors (Lipinski definition) is 8. The van der Waals surface area contributed by atoms with E-state index < -0.39 is 36.5 Å². The van der Waals surface area contributed by atoms with Crippen LogP contribution in [0.5, 0.6) is 0 Å². The minimum Gasteiger partial charge on any atom is -0.463 e. The molecule has 0 spiro atoms. The molecule has 186 valence electrons. The Balaban J connectivity index is 2.74. The SMILES string of the molecule is CCOC(=O)NC(Nc1sc(-c2ccccc2)c(C)c1C(=O)OCC)(C(=O)OCC)C(F)(F)F. The lowest BCUT2D eigenvalue weighted by Crippen LogP contribution is -2.69. The maximum absolute atomic E-state index is 14.4. The second-order valence-corrected chi connectivity index (χ2v) is 7.81. The Hall–Kier alpha value is -3.28. The number of halogens is 3. The Kier molecular flexibility index (Phi) is 8.91. The van der Waals surface area contributed by atoms with Gasteiger partial charge in [0.25, 0.3) is 0 Å². The molecule has 0 aliphatic carbocycles. The van der Waals surface area contributed by atoms with Crippen molar-refractivity contribution < 1.29 is 41.8 Å². The quantitative estimate of drug-likeness (QED) is 0.286. The number of amides is 1. The Morgan fingerprint density at radius 1 is 0.941 bits per heavy atom. The topological polar surface area (TPSA) is 103 Å². The van der Waals surface area contributed by atoms with E-state index in [4.69, 9.17) is 4.74 Å². The van der Waals surface area contributed by atoms with Gasteiger partial charge in [-0.05, 0) is 38.8 Å². The summed E-state index contributed by atoms with van der Waals surface area (Å²) in [6.07, 6.45) is -6.89. The number of nitrogens with one attached hydrogen (secondary N) is 2. The minimum atomic E-state index is -5.39. The van der Waals surface area contributed by atoms with Gasteiger partial charge in [-0.2, -0.15) is 13.2 Å². The average Bonchev–Trinajstić information content (AvgIpc) is 3.09. The van der Waals surface area contributed by atoms with Crippen molar-refractivity contribution in [3.05, 3.63) is 41.5 Å². The highest BCUT2D eigenvalue weighted by Gasteiger charge is 2.64. The van der Waals surface area contributed by atoms with Crippen molar-refractivity contribution in [3.63, 3.8) is 0 Å². The number of benzene rings is 1. The molecule has 0 aliphatic heterocycles. The molecule has 34 heavy (non-hydrogen) atoms. The van der Waals surface area contributed by atoms with E-state index in [0.717, 1.165) is 11.3 Å². The van der Waals surface area contributed by atoms with Crippen LogP contribution >= 0.6 is 11.3 Å². The number of carbonyl (C=O) groups is 3. The molecule has 1 aromatic heterocycles. The van der Waals surface area contributed by atoms with Crippen LogP contribution in [0.3, 0.4) is 0 Å². The van der Waals surface area contributed by atoms with E-state index in [2.05, 4.69) is 14.8 Å². The lowest BCUT2D eigenvalue weighted by atomic mass is 10.1. The molecule has 2 aromatic rings. The third-order valence-corrected chi connectivity index (χ3v) is 5.79. The molecule has 0 radical (unpaired) electrons. The first-order valence-corrected chi connectivity index (χ1v) is 11.2. The molecule has 1 amide bonds. The fourth-order valence-corrected chi connectivity index (χ4v) is 4.29. The van der Waals surface area contributed by atoms with Gasteiger partial charge < -0.3 is 19.5 Å². The van der Waals surface area contributed by atoms with E-state index in [0.29, 0.717) is 16.0 Å². The maximum Gasteiger partial charge on any atom is 0.442 e. The maximum atomic E-state index is 14.4. The normalized spacial score (nSPS) is 12.9. The monoisotopic (exact) mass is 502 g/mol. The fraction of sp³-hybridized carbons (Fsp3) is 0.409. The van der Waals surface area contributed by atoms with Gasteiger partial charge in [-0.15, -0.1) is 11.3 Å². The van der Waals surface area contributed by atoms with Crippen LogP contribution in [0, 0.1) is 6.92 Å². The van der Waals surface area contributed by atoms with E-state index >= 15 is 0 Å². The predicted molar refractivity (Wildman–Crippen MR) is 120 cm³/mol. The molecule has 1 atom stereocenters. The molecule has 0 saturated heterocycles. The molecule has 12 heteroatoms. The smallest absolute Gasteiger partial charge is 0.442 e. The zero-order chi connectivity index (χ0) is 25.5. The van der Waals surface area contributed by atoms with Gasteiger partial charge in [0, 0.05) is 4.88 Å². The van der Waals surface area contributed by atoms with Crippen molar-refractivity contribution in [1.82, 2.24) is 5.32 Å². The first-order chi connectivity index (χ1) is 16.0. The van der Waals surface area contributed by atoms with Gasteiger partial charge in [-0.3, -0.25) is 5.32 Å². The summed E-state index contributed by atoms with van der Waals surface area (Å²) < 4.78 is 57.5. The number of rotatable bonds is 9. The highest BCUT2D eigenvalue weighted by atomic mass is 32.1. The number of alkyl carbamates (subject to hydrolysis) is 1. The van der Waals surface area contributed by atoms with Gasteiger partial charge >= 0.3 is 29.9 Å². The molecule has 8 nitrogen and oxygen atoms in total. The lowest BCUT2D eigenvalue weighted by molar-refractivity contribution is -0.205. The number of anilines is 1. The van der Waals surface area contributed by atoms with Gasteiger partial charge in [-0.25, -0.2) is 14.4 Å². The van der Waals surface area contributed by atoms with Crippen LogP contribution in [-0.2, 0) is 19.0 Å². The van der Waals surface area contributed by atoms with Gasteiger partial charge in [0.05, 0.1) is 25.4 Å². The van der Waals surface area contributed by atoms with E-state index in [1.807, 2.05) is 0 Å². The summed E-state index contributed by atoms with van der Waals surface area (Å²) in [6.45, 7) is 5.13. The van der Waals surface area contributed by atoms with Crippen molar-refractivity contribution in [2.24, 2.45) is 0 Å². The minimum absolute atomic E-state index is 0.0302. The number of ether oxygens (including phenoxy) is 3. The van der Waals surface area contributed by atoms with Crippen LogP contribution in [-0.4, -0.2) is 49.7 Å². The number of alkyl halides is 3. The second-order valence-electron chi connectivity index (χ2n) is 6.79. The summed E-state index contributed by atoms with van der Waals surface area (Å²) in [5.74, 6) is -2.71. The highest BCUT2D eigenvalue weighted by molar-refractivity contribution is 7.20. The predicted octanol–water partition coefficient (Wildman–Crippen LogP) is 4.88. The Labute approximate surface area is 198 Å². The van der Waals surface area contributed by atoms with Crippen LogP contribution in [0.4, 0.5) is 23.0 Å². The van der Waals surface area contributed by atoms with Crippen molar-refractivity contribution in [1.29, 1.82) is 0 Å². The molecular weight excluding hydrogens is 477 g/mol. The van der Waals surface area contributed by atoms with Crippen LogP contribution in [0.2, 0.25) is 0 Å². The zero-order valence-electron chi connectivity index (χ0n) is 19.0. The Morgan fingerprint density at radius 2 is 1.53 bits per heavy atom. The zero-order valence-corrected chi connectivity index (χ0v) is 19.8. The average molecular weight is 503 g/mol. The molecule has 1 unspecified atom stereocenters. The lowest BCUT2D eigenvalue weighted by Gasteiger charge is -2.34.